The molecule has 8 nitrogen and oxygen atoms in total. The molecule has 0 radical (unpaired) electrons. The molecule has 0 bridgehead atoms. The summed E-state index contributed by atoms with van der Waals surface area (Å²) in [6.07, 6.45) is 0. The van der Waals surface area contributed by atoms with Gasteiger partial charge in [-0.05, 0) is 37.6 Å². The number of aryl methyl sites for hydroxylation is 1. The Bertz CT molecular complexity index is 1500. The Labute approximate surface area is 221 Å². The first-order chi connectivity index (χ1) is 18.4. The van der Waals surface area contributed by atoms with E-state index in [0.717, 1.165) is 11.1 Å². The van der Waals surface area contributed by atoms with Crippen LogP contribution in [0.5, 0.6) is 11.5 Å². The fourth-order valence-electron chi connectivity index (χ4n) is 4.72. The molecule has 0 aliphatic carbocycles. The average Bonchev–Trinajstić information content (AvgIpc) is 3.25. The standard InChI is InChI=1S/C30H31N3O5/c1-6-33(7-2)30(36)20-17-22(28(38-5)24(18-20)37-4)31-29(35)27(34)25-21-15-11-12-16-23(21)32(3)26(25)19-13-9-8-10-14-19/h8-18H,6-7H2,1-5H3,(H,31,35). The predicted octanol–water partition coefficient (Wildman–Crippen LogP) is 5.17. The van der Waals surface area contributed by atoms with Gasteiger partial charge in [-0.2, -0.15) is 0 Å². The van der Waals surface area contributed by atoms with Crippen LogP contribution in [0.2, 0.25) is 0 Å². The monoisotopic (exact) mass is 513 g/mol. The smallest absolute Gasteiger partial charge is 0.296 e. The summed E-state index contributed by atoms with van der Waals surface area (Å²) < 4.78 is 12.8. The van der Waals surface area contributed by atoms with E-state index in [1.165, 1.54) is 20.3 Å². The van der Waals surface area contributed by atoms with Crippen LogP contribution in [0.3, 0.4) is 0 Å². The molecule has 0 saturated heterocycles. The summed E-state index contributed by atoms with van der Waals surface area (Å²) in [5.41, 5.74) is 3.06. The van der Waals surface area contributed by atoms with Crippen molar-refractivity contribution in [2.45, 2.75) is 13.8 Å². The van der Waals surface area contributed by atoms with Gasteiger partial charge in [-0.1, -0.05) is 48.5 Å². The van der Waals surface area contributed by atoms with Crippen molar-refractivity contribution in [3.05, 3.63) is 77.9 Å². The number of nitrogens with zero attached hydrogens (tertiary/aromatic N) is 2. The van der Waals surface area contributed by atoms with Gasteiger partial charge >= 0.3 is 0 Å². The van der Waals surface area contributed by atoms with Crippen molar-refractivity contribution >= 4 is 34.2 Å². The van der Waals surface area contributed by atoms with Gasteiger partial charge in [-0.15, -0.1) is 0 Å². The highest BCUT2D eigenvalue weighted by atomic mass is 16.5. The largest absolute Gasteiger partial charge is 0.493 e. The number of Topliss-reactive ketones (excluding diaryl/α,β-unsaturated/α-hetero) is 1. The number of hydrogen-bond donors (Lipinski definition) is 1. The molecular formula is C30H31N3O5. The number of carbonyl (C=O) groups excluding carboxylic acids is 3. The number of amides is 2. The fourth-order valence-corrected chi connectivity index (χ4v) is 4.72. The molecule has 1 heterocycles. The third-order valence-electron chi connectivity index (χ3n) is 6.61. The van der Waals surface area contributed by atoms with Gasteiger partial charge in [0.25, 0.3) is 17.6 Å². The van der Waals surface area contributed by atoms with Crippen LogP contribution in [-0.2, 0) is 11.8 Å². The van der Waals surface area contributed by atoms with Gasteiger partial charge in [0.15, 0.2) is 11.5 Å². The van der Waals surface area contributed by atoms with Crippen LogP contribution in [0.15, 0.2) is 66.7 Å². The van der Waals surface area contributed by atoms with Crippen molar-refractivity contribution in [3.63, 3.8) is 0 Å². The van der Waals surface area contributed by atoms with Crippen LogP contribution in [0.1, 0.15) is 34.6 Å². The lowest BCUT2D eigenvalue weighted by Crippen LogP contribution is -2.30. The summed E-state index contributed by atoms with van der Waals surface area (Å²) in [7, 11) is 4.75. The molecule has 38 heavy (non-hydrogen) atoms. The molecule has 4 aromatic rings. The number of fused-ring (bicyclic) bond motifs is 1. The van der Waals surface area contributed by atoms with Gasteiger partial charge in [0.1, 0.15) is 0 Å². The second-order valence-corrected chi connectivity index (χ2v) is 8.69. The fraction of sp³-hybridized carbons (Fsp3) is 0.233. The maximum atomic E-state index is 13.8. The molecular weight excluding hydrogens is 482 g/mol. The number of ether oxygens (including phenoxy) is 2. The van der Waals surface area contributed by atoms with Crippen molar-refractivity contribution in [2.75, 3.05) is 32.6 Å². The van der Waals surface area contributed by atoms with E-state index in [0.29, 0.717) is 35.3 Å². The van der Waals surface area contributed by atoms with Crippen LogP contribution in [0.25, 0.3) is 22.2 Å². The number of benzene rings is 3. The number of para-hydroxylation sites is 1. The van der Waals surface area contributed by atoms with Crippen LogP contribution in [0, 0.1) is 0 Å². The van der Waals surface area contributed by atoms with Gasteiger partial charge in [0.05, 0.1) is 31.2 Å². The maximum Gasteiger partial charge on any atom is 0.296 e. The van der Waals surface area contributed by atoms with E-state index in [9.17, 15) is 14.4 Å². The number of carbonyl (C=O) groups is 3. The van der Waals surface area contributed by atoms with Crippen LogP contribution >= 0.6 is 0 Å². The zero-order valence-electron chi connectivity index (χ0n) is 22.2. The van der Waals surface area contributed by atoms with E-state index < -0.39 is 11.7 Å². The molecule has 3 aromatic carbocycles. The lowest BCUT2D eigenvalue weighted by molar-refractivity contribution is -0.112. The Hall–Kier alpha value is -4.59. The van der Waals surface area contributed by atoms with E-state index in [4.69, 9.17) is 9.47 Å². The molecule has 196 valence electrons. The summed E-state index contributed by atoms with van der Waals surface area (Å²) >= 11 is 0. The Balaban J connectivity index is 1.80. The Morgan fingerprint density at radius 2 is 1.55 bits per heavy atom. The minimum absolute atomic E-state index is 0.169. The second kappa shape index (κ2) is 11.2. The quantitative estimate of drug-likeness (QED) is 0.247. The number of anilines is 1. The topological polar surface area (TPSA) is 89.9 Å². The third-order valence-corrected chi connectivity index (χ3v) is 6.61. The summed E-state index contributed by atoms with van der Waals surface area (Å²) in [4.78, 5) is 42.0. The average molecular weight is 514 g/mol. The van der Waals surface area contributed by atoms with Gasteiger partial charge in [-0.25, -0.2) is 0 Å². The molecule has 0 saturated carbocycles. The molecule has 2 amide bonds. The molecule has 1 N–H and O–H groups in total. The molecule has 0 fully saturated rings. The molecule has 0 aliphatic heterocycles. The lowest BCUT2D eigenvalue weighted by atomic mass is 10.0. The van der Waals surface area contributed by atoms with E-state index >= 15 is 0 Å². The molecule has 0 unspecified atom stereocenters. The summed E-state index contributed by atoms with van der Waals surface area (Å²) in [5, 5.41) is 3.35. The third kappa shape index (κ3) is 4.72. The number of rotatable bonds is 9. The van der Waals surface area contributed by atoms with Gasteiger partial charge in [0.2, 0.25) is 0 Å². The molecule has 4 rings (SSSR count). The van der Waals surface area contributed by atoms with Gasteiger partial charge in [-0.3, -0.25) is 14.4 Å². The molecule has 0 aliphatic rings. The highest BCUT2D eigenvalue weighted by molar-refractivity contribution is 6.49. The highest BCUT2D eigenvalue weighted by Gasteiger charge is 2.28. The Morgan fingerprint density at radius 1 is 0.895 bits per heavy atom. The lowest BCUT2D eigenvalue weighted by Gasteiger charge is -2.21. The zero-order valence-corrected chi connectivity index (χ0v) is 22.2. The van der Waals surface area contributed by atoms with Crippen LogP contribution in [-0.4, -0.2) is 54.4 Å². The van der Waals surface area contributed by atoms with Crippen molar-refractivity contribution in [1.29, 1.82) is 0 Å². The van der Waals surface area contributed by atoms with E-state index in [-0.39, 0.29) is 23.1 Å². The highest BCUT2D eigenvalue weighted by Crippen LogP contribution is 2.38. The number of hydrogen-bond acceptors (Lipinski definition) is 5. The first-order valence-corrected chi connectivity index (χ1v) is 12.4. The zero-order chi connectivity index (χ0) is 27.4. The summed E-state index contributed by atoms with van der Waals surface area (Å²) in [5.74, 6) is -1.30. The van der Waals surface area contributed by atoms with E-state index in [1.54, 1.807) is 11.0 Å². The first kappa shape index (κ1) is 26.5. The maximum absolute atomic E-state index is 13.8. The Kier molecular flexibility index (Phi) is 7.81. The number of aromatic nitrogens is 1. The number of methoxy groups -OCH3 is 2. The molecule has 8 heteroatoms. The van der Waals surface area contributed by atoms with Gasteiger partial charge < -0.3 is 24.3 Å². The predicted molar refractivity (Wildman–Crippen MR) is 148 cm³/mol. The number of ketones is 1. The van der Waals surface area contributed by atoms with Crippen LogP contribution in [0.4, 0.5) is 5.69 Å². The van der Waals surface area contributed by atoms with Crippen molar-refractivity contribution in [2.24, 2.45) is 7.05 Å². The number of nitrogens with one attached hydrogen (secondary N) is 1. The van der Waals surface area contributed by atoms with Gasteiger partial charge in [0, 0.05) is 36.6 Å². The van der Waals surface area contributed by atoms with E-state index in [2.05, 4.69) is 5.32 Å². The second-order valence-electron chi connectivity index (χ2n) is 8.69. The molecule has 0 atom stereocenters. The molecule has 0 spiro atoms. The van der Waals surface area contributed by atoms with Crippen molar-refractivity contribution in [1.82, 2.24) is 9.47 Å². The SMILES string of the molecule is CCN(CC)C(=O)c1cc(NC(=O)C(=O)c2c(-c3ccccc3)n(C)c3ccccc23)c(OC)c(OC)c1. The first-order valence-electron chi connectivity index (χ1n) is 12.4. The normalized spacial score (nSPS) is 10.8. The van der Waals surface area contributed by atoms with Crippen molar-refractivity contribution in [3.8, 4) is 22.8 Å². The van der Waals surface area contributed by atoms with E-state index in [1.807, 2.05) is 80.1 Å². The minimum atomic E-state index is -0.855. The van der Waals surface area contributed by atoms with Crippen LogP contribution < -0.4 is 14.8 Å². The summed E-state index contributed by atoms with van der Waals surface area (Å²) in [6.45, 7) is 4.82. The van der Waals surface area contributed by atoms with Crippen molar-refractivity contribution < 1.29 is 23.9 Å². The minimum Gasteiger partial charge on any atom is -0.493 e. The Morgan fingerprint density at radius 3 is 2.18 bits per heavy atom. The molecule has 1 aromatic heterocycles. The summed E-state index contributed by atoms with van der Waals surface area (Å²) in [6, 6.07) is 20.0.